The Morgan fingerprint density at radius 3 is 2.88 bits per heavy atom. The fraction of sp³-hybridized carbons (Fsp3) is 0.474. The molecular formula is C19H24N2O4. The van der Waals surface area contributed by atoms with Gasteiger partial charge in [-0.05, 0) is 44.0 Å². The molecule has 0 saturated carbocycles. The van der Waals surface area contributed by atoms with E-state index in [1.807, 2.05) is 25.1 Å². The Bertz CT molecular complexity index is 798. The maximum atomic E-state index is 13.2. The second kappa shape index (κ2) is 6.88. The van der Waals surface area contributed by atoms with Crippen molar-refractivity contribution in [2.24, 2.45) is 0 Å². The molecule has 1 aromatic carbocycles. The number of benzene rings is 1. The number of amides is 2. The van der Waals surface area contributed by atoms with Crippen LogP contribution in [0.15, 0.2) is 28.7 Å². The summed E-state index contributed by atoms with van der Waals surface area (Å²) in [5, 5.41) is 3.56. The first-order valence-electron chi connectivity index (χ1n) is 8.51. The zero-order valence-electron chi connectivity index (χ0n) is 14.9. The van der Waals surface area contributed by atoms with E-state index in [9.17, 15) is 9.59 Å². The van der Waals surface area contributed by atoms with Crippen LogP contribution in [0.4, 0.5) is 0 Å². The first-order chi connectivity index (χ1) is 12.0. The smallest absolute Gasteiger partial charge is 0.254 e. The average molecular weight is 344 g/mol. The summed E-state index contributed by atoms with van der Waals surface area (Å²) in [4.78, 5) is 27.0. The van der Waals surface area contributed by atoms with Gasteiger partial charge >= 0.3 is 0 Å². The highest BCUT2D eigenvalue weighted by atomic mass is 16.5. The van der Waals surface area contributed by atoms with Crippen LogP contribution in [0.5, 0.6) is 0 Å². The minimum atomic E-state index is -0.590. The Hall–Kier alpha value is -2.34. The minimum Gasteiger partial charge on any atom is -0.461 e. The van der Waals surface area contributed by atoms with Gasteiger partial charge in [0.15, 0.2) is 0 Å². The van der Waals surface area contributed by atoms with Crippen molar-refractivity contribution in [1.29, 1.82) is 0 Å². The number of ether oxygens (including phenoxy) is 1. The number of carbonyl (C=O) groups is 2. The molecule has 0 bridgehead atoms. The van der Waals surface area contributed by atoms with Gasteiger partial charge in [-0.25, -0.2) is 0 Å². The molecule has 25 heavy (non-hydrogen) atoms. The van der Waals surface area contributed by atoms with Gasteiger partial charge in [0.05, 0.1) is 18.6 Å². The van der Waals surface area contributed by atoms with Gasteiger partial charge in [0, 0.05) is 31.7 Å². The molecule has 134 valence electrons. The minimum absolute atomic E-state index is 0.0702. The lowest BCUT2D eigenvalue weighted by Gasteiger charge is -2.37. The molecule has 1 saturated heterocycles. The monoisotopic (exact) mass is 344 g/mol. The summed E-state index contributed by atoms with van der Waals surface area (Å²) >= 11 is 0. The fourth-order valence-corrected chi connectivity index (χ4v) is 3.76. The van der Waals surface area contributed by atoms with Crippen LogP contribution in [0.2, 0.25) is 0 Å². The summed E-state index contributed by atoms with van der Waals surface area (Å²) in [5.74, 6) is 0.658. The van der Waals surface area contributed by atoms with Crippen LogP contribution in [0.25, 0.3) is 11.0 Å². The molecule has 2 heterocycles. The van der Waals surface area contributed by atoms with Crippen LogP contribution in [0.3, 0.4) is 0 Å². The standard InChI is InChI=1S/C19H24N2O4/c1-13-9-15-10-14(5-6-16(15)25-13)18(23)21-8-4-7-19(21,12-24-3)11-17(22)20-2/h5-6,9-10H,4,7-8,11-12H2,1-3H3,(H,20,22)/t19-/m0/s1. The van der Waals surface area contributed by atoms with E-state index in [0.717, 1.165) is 29.6 Å². The summed E-state index contributed by atoms with van der Waals surface area (Å²) in [5.41, 5.74) is 0.782. The molecule has 1 aliphatic rings. The Morgan fingerprint density at radius 1 is 1.36 bits per heavy atom. The van der Waals surface area contributed by atoms with Crippen LogP contribution in [0.1, 0.15) is 35.4 Å². The molecule has 0 spiro atoms. The van der Waals surface area contributed by atoms with Crippen molar-refractivity contribution in [1.82, 2.24) is 10.2 Å². The predicted octanol–water partition coefficient (Wildman–Crippen LogP) is 2.50. The van der Waals surface area contributed by atoms with Crippen molar-refractivity contribution >= 4 is 22.8 Å². The average Bonchev–Trinajstić information content (AvgIpc) is 3.16. The zero-order valence-corrected chi connectivity index (χ0v) is 14.9. The molecule has 0 radical (unpaired) electrons. The van der Waals surface area contributed by atoms with E-state index in [1.165, 1.54) is 0 Å². The van der Waals surface area contributed by atoms with E-state index in [-0.39, 0.29) is 18.2 Å². The third-order valence-corrected chi connectivity index (χ3v) is 4.91. The van der Waals surface area contributed by atoms with E-state index in [0.29, 0.717) is 18.7 Å². The Labute approximate surface area is 147 Å². The molecular weight excluding hydrogens is 320 g/mol. The number of hydrogen-bond acceptors (Lipinski definition) is 4. The van der Waals surface area contributed by atoms with Gasteiger partial charge in [0.1, 0.15) is 11.3 Å². The number of carbonyl (C=O) groups excluding carboxylic acids is 2. The third kappa shape index (κ3) is 3.26. The number of aryl methyl sites for hydroxylation is 1. The van der Waals surface area contributed by atoms with E-state index < -0.39 is 5.54 Å². The largest absolute Gasteiger partial charge is 0.461 e. The molecule has 1 aromatic heterocycles. The van der Waals surface area contributed by atoms with Gasteiger partial charge in [0.25, 0.3) is 5.91 Å². The molecule has 3 rings (SSSR count). The molecule has 2 amide bonds. The SMILES string of the molecule is CNC(=O)C[C@]1(COC)CCCN1C(=O)c1ccc2oc(C)cc2c1. The van der Waals surface area contributed by atoms with Crippen LogP contribution < -0.4 is 5.32 Å². The van der Waals surface area contributed by atoms with Crippen molar-refractivity contribution in [3.05, 3.63) is 35.6 Å². The summed E-state index contributed by atoms with van der Waals surface area (Å²) in [6.07, 6.45) is 1.86. The second-order valence-electron chi connectivity index (χ2n) is 6.68. The quantitative estimate of drug-likeness (QED) is 0.905. The highest BCUT2D eigenvalue weighted by Crippen LogP contribution is 2.35. The number of nitrogens with one attached hydrogen (secondary N) is 1. The second-order valence-corrected chi connectivity index (χ2v) is 6.68. The molecule has 2 aromatic rings. The Kier molecular flexibility index (Phi) is 4.81. The van der Waals surface area contributed by atoms with E-state index in [4.69, 9.17) is 9.15 Å². The van der Waals surface area contributed by atoms with Gasteiger partial charge in [0.2, 0.25) is 5.91 Å². The molecule has 1 aliphatic heterocycles. The van der Waals surface area contributed by atoms with Crippen molar-refractivity contribution in [3.63, 3.8) is 0 Å². The Morgan fingerprint density at radius 2 is 2.16 bits per heavy atom. The maximum absolute atomic E-state index is 13.2. The number of nitrogens with zero attached hydrogens (tertiary/aromatic N) is 1. The summed E-state index contributed by atoms with van der Waals surface area (Å²) in [7, 11) is 3.21. The van der Waals surface area contributed by atoms with E-state index >= 15 is 0 Å². The number of fused-ring (bicyclic) bond motifs is 1. The maximum Gasteiger partial charge on any atom is 0.254 e. The van der Waals surface area contributed by atoms with Gasteiger partial charge in [-0.1, -0.05) is 0 Å². The summed E-state index contributed by atoms with van der Waals surface area (Å²) < 4.78 is 11.0. The van der Waals surface area contributed by atoms with Gasteiger partial charge < -0.3 is 19.4 Å². The number of hydrogen-bond donors (Lipinski definition) is 1. The van der Waals surface area contributed by atoms with Crippen LogP contribution >= 0.6 is 0 Å². The van der Waals surface area contributed by atoms with Crippen LogP contribution in [-0.2, 0) is 9.53 Å². The first-order valence-corrected chi connectivity index (χ1v) is 8.51. The first kappa shape index (κ1) is 17.5. The molecule has 0 aliphatic carbocycles. The van der Waals surface area contributed by atoms with Crippen molar-refractivity contribution in [2.75, 3.05) is 27.3 Å². The Balaban J connectivity index is 1.92. The number of furan rings is 1. The van der Waals surface area contributed by atoms with Crippen molar-refractivity contribution in [2.45, 2.75) is 31.7 Å². The lowest BCUT2D eigenvalue weighted by molar-refractivity contribution is -0.123. The molecule has 6 heteroatoms. The van der Waals surface area contributed by atoms with E-state index in [2.05, 4.69) is 5.32 Å². The summed E-state index contributed by atoms with van der Waals surface area (Å²) in [6.45, 7) is 2.86. The van der Waals surface area contributed by atoms with Gasteiger partial charge in [-0.3, -0.25) is 9.59 Å². The van der Waals surface area contributed by atoms with Gasteiger partial charge in [-0.15, -0.1) is 0 Å². The number of methoxy groups -OCH3 is 1. The summed E-state index contributed by atoms with van der Waals surface area (Å²) in [6, 6.07) is 7.37. The topological polar surface area (TPSA) is 71.8 Å². The van der Waals surface area contributed by atoms with Crippen LogP contribution in [0, 0.1) is 6.92 Å². The molecule has 1 atom stereocenters. The number of likely N-dealkylation sites (tertiary alicyclic amines) is 1. The molecule has 0 unspecified atom stereocenters. The van der Waals surface area contributed by atoms with Crippen molar-refractivity contribution < 1.29 is 18.7 Å². The lowest BCUT2D eigenvalue weighted by atomic mass is 9.91. The highest BCUT2D eigenvalue weighted by Gasteiger charge is 2.45. The van der Waals surface area contributed by atoms with Crippen LogP contribution in [-0.4, -0.2) is 49.6 Å². The molecule has 6 nitrogen and oxygen atoms in total. The third-order valence-electron chi connectivity index (χ3n) is 4.91. The highest BCUT2D eigenvalue weighted by molar-refractivity contribution is 5.98. The molecule has 1 N–H and O–H groups in total. The number of rotatable bonds is 5. The normalized spacial score (nSPS) is 20.2. The van der Waals surface area contributed by atoms with Gasteiger partial charge in [-0.2, -0.15) is 0 Å². The fourth-order valence-electron chi connectivity index (χ4n) is 3.76. The van der Waals surface area contributed by atoms with Crippen molar-refractivity contribution in [3.8, 4) is 0 Å². The lowest BCUT2D eigenvalue weighted by Crippen LogP contribution is -2.52. The zero-order chi connectivity index (χ0) is 18.0. The predicted molar refractivity (Wildman–Crippen MR) is 94.5 cm³/mol. The molecule has 1 fully saturated rings. The van der Waals surface area contributed by atoms with E-state index in [1.54, 1.807) is 25.1 Å².